The smallest absolute Gasteiger partial charge is 0.270 e. The first-order valence-electron chi connectivity index (χ1n) is 9.91. The van der Waals surface area contributed by atoms with Gasteiger partial charge in [-0.3, -0.25) is 4.79 Å². The number of nitrogens with one attached hydrogen (secondary N) is 1. The molecule has 1 N–H and O–H groups in total. The Morgan fingerprint density at radius 2 is 2.11 bits per heavy atom. The molecular weight excluding hydrogens is 336 g/mol. The van der Waals surface area contributed by atoms with Gasteiger partial charge < -0.3 is 14.5 Å². The van der Waals surface area contributed by atoms with Crippen LogP contribution in [0.15, 0.2) is 30.9 Å². The molecule has 1 amide bonds. The van der Waals surface area contributed by atoms with Crippen LogP contribution in [-0.4, -0.2) is 37.9 Å². The number of amides is 1. The van der Waals surface area contributed by atoms with Gasteiger partial charge in [0.25, 0.3) is 5.91 Å². The molecule has 1 saturated heterocycles. The van der Waals surface area contributed by atoms with Crippen LogP contribution < -0.4 is 0 Å². The van der Waals surface area contributed by atoms with Crippen molar-refractivity contribution in [2.45, 2.75) is 59.0 Å². The van der Waals surface area contributed by atoms with E-state index in [0.29, 0.717) is 6.04 Å². The molecule has 3 aromatic rings. The quantitative estimate of drug-likeness (QED) is 0.747. The lowest BCUT2D eigenvalue weighted by Gasteiger charge is -2.36. The molecule has 1 aliphatic rings. The van der Waals surface area contributed by atoms with Crippen LogP contribution in [0.25, 0.3) is 10.9 Å². The van der Waals surface area contributed by atoms with E-state index in [1.54, 1.807) is 0 Å². The van der Waals surface area contributed by atoms with E-state index in [0.717, 1.165) is 49.1 Å². The SMILES string of the molecule is Cc1cc(C)c2[nH]c(C(=O)N3CCCCC3CCn3ccnc3)c(C)c2c1. The number of H-pyrrole nitrogens is 1. The highest BCUT2D eigenvalue weighted by Gasteiger charge is 2.29. The minimum absolute atomic E-state index is 0.149. The number of aromatic nitrogens is 3. The molecule has 0 aliphatic carbocycles. The zero-order valence-electron chi connectivity index (χ0n) is 16.5. The summed E-state index contributed by atoms with van der Waals surface area (Å²) in [6.45, 7) is 8.03. The highest BCUT2D eigenvalue weighted by Crippen LogP contribution is 2.29. The normalized spacial score (nSPS) is 17.6. The fourth-order valence-electron chi connectivity index (χ4n) is 4.43. The topological polar surface area (TPSA) is 53.9 Å². The van der Waals surface area contributed by atoms with Crippen LogP contribution in [0.3, 0.4) is 0 Å². The average Bonchev–Trinajstić information content (AvgIpc) is 3.28. The van der Waals surface area contributed by atoms with Crippen molar-refractivity contribution >= 4 is 16.8 Å². The van der Waals surface area contributed by atoms with E-state index >= 15 is 0 Å². The Balaban J connectivity index is 1.61. The molecule has 0 saturated carbocycles. The van der Waals surface area contributed by atoms with Crippen molar-refractivity contribution in [3.63, 3.8) is 0 Å². The van der Waals surface area contributed by atoms with Gasteiger partial charge in [0.1, 0.15) is 5.69 Å². The van der Waals surface area contributed by atoms with Crippen LogP contribution >= 0.6 is 0 Å². The molecule has 5 heteroatoms. The van der Waals surface area contributed by atoms with E-state index in [9.17, 15) is 4.79 Å². The van der Waals surface area contributed by atoms with Crippen LogP contribution in [0.2, 0.25) is 0 Å². The number of hydrogen-bond acceptors (Lipinski definition) is 2. The maximum Gasteiger partial charge on any atom is 0.270 e. The molecular formula is C22H28N4O. The summed E-state index contributed by atoms with van der Waals surface area (Å²) in [7, 11) is 0. The number of nitrogens with zero attached hydrogens (tertiary/aromatic N) is 3. The minimum Gasteiger partial charge on any atom is -0.350 e. The molecule has 4 rings (SSSR count). The largest absolute Gasteiger partial charge is 0.350 e. The number of fused-ring (bicyclic) bond motifs is 1. The standard InChI is InChI=1S/C22H28N4O/c1-15-12-16(2)20-19(13-15)17(3)21(24-20)22(27)26-9-5-4-6-18(26)7-10-25-11-8-23-14-25/h8,11-14,18,24H,4-7,9-10H2,1-3H3. The molecule has 0 spiro atoms. The van der Waals surface area contributed by atoms with Crippen LogP contribution in [-0.2, 0) is 6.54 Å². The molecule has 142 valence electrons. The fourth-order valence-corrected chi connectivity index (χ4v) is 4.43. The number of aryl methyl sites for hydroxylation is 4. The van der Waals surface area contributed by atoms with Gasteiger partial charge in [-0.1, -0.05) is 11.6 Å². The van der Waals surface area contributed by atoms with Crippen molar-refractivity contribution in [1.29, 1.82) is 0 Å². The van der Waals surface area contributed by atoms with Gasteiger partial charge in [0, 0.05) is 42.4 Å². The van der Waals surface area contributed by atoms with E-state index in [1.807, 2.05) is 18.7 Å². The first-order chi connectivity index (χ1) is 13.0. The fraction of sp³-hybridized carbons (Fsp3) is 0.455. The number of piperidine rings is 1. The zero-order chi connectivity index (χ0) is 19.0. The number of hydrogen-bond donors (Lipinski definition) is 1. The van der Waals surface area contributed by atoms with E-state index < -0.39 is 0 Å². The van der Waals surface area contributed by atoms with Crippen LogP contribution in [0.5, 0.6) is 0 Å². The Morgan fingerprint density at radius 3 is 2.89 bits per heavy atom. The maximum atomic E-state index is 13.4. The van der Waals surface area contributed by atoms with E-state index in [4.69, 9.17) is 0 Å². The Kier molecular flexibility index (Phi) is 4.77. The summed E-state index contributed by atoms with van der Waals surface area (Å²) in [4.78, 5) is 23.1. The summed E-state index contributed by atoms with van der Waals surface area (Å²) in [6, 6.07) is 4.64. The summed E-state index contributed by atoms with van der Waals surface area (Å²) in [6.07, 6.45) is 9.98. The summed E-state index contributed by atoms with van der Waals surface area (Å²) in [5, 5.41) is 1.17. The Labute approximate surface area is 160 Å². The Hall–Kier alpha value is -2.56. The Morgan fingerprint density at radius 1 is 1.26 bits per heavy atom. The molecule has 5 nitrogen and oxygen atoms in total. The second kappa shape index (κ2) is 7.22. The summed E-state index contributed by atoms with van der Waals surface area (Å²) in [5.41, 5.74) is 5.35. The predicted octanol–water partition coefficient (Wildman–Crippen LogP) is 4.37. The Bertz CT molecular complexity index is 955. The molecule has 1 fully saturated rings. The van der Waals surface area contributed by atoms with Crippen molar-refractivity contribution in [3.8, 4) is 0 Å². The van der Waals surface area contributed by atoms with E-state index in [1.165, 1.54) is 22.9 Å². The average molecular weight is 364 g/mol. The highest BCUT2D eigenvalue weighted by atomic mass is 16.2. The predicted molar refractivity (Wildman–Crippen MR) is 108 cm³/mol. The van der Waals surface area contributed by atoms with Gasteiger partial charge in [-0.25, -0.2) is 4.98 Å². The summed E-state index contributed by atoms with van der Waals surface area (Å²) < 4.78 is 2.09. The molecule has 0 bridgehead atoms. The number of rotatable bonds is 4. The van der Waals surface area contributed by atoms with Crippen molar-refractivity contribution in [1.82, 2.24) is 19.4 Å². The molecule has 2 aromatic heterocycles. The monoisotopic (exact) mass is 364 g/mol. The number of likely N-dealkylation sites (tertiary alicyclic amines) is 1. The molecule has 3 heterocycles. The van der Waals surface area contributed by atoms with Gasteiger partial charge in [-0.15, -0.1) is 0 Å². The third-order valence-corrected chi connectivity index (χ3v) is 5.89. The van der Waals surface area contributed by atoms with Crippen molar-refractivity contribution in [2.24, 2.45) is 0 Å². The van der Waals surface area contributed by atoms with Crippen LogP contribution in [0, 0.1) is 20.8 Å². The number of carbonyl (C=O) groups is 1. The first-order valence-corrected chi connectivity index (χ1v) is 9.91. The summed E-state index contributed by atoms with van der Waals surface area (Å²) >= 11 is 0. The maximum absolute atomic E-state index is 13.4. The summed E-state index contributed by atoms with van der Waals surface area (Å²) in [5.74, 6) is 0.149. The lowest BCUT2D eigenvalue weighted by molar-refractivity contribution is 0.0589. The van der Waals surface area contributed by atoms with Crippen LogP contribution in [0.1, 0.15) is 52.9 Å². The number of aromatic amines is 1. The van der Waals surface area contributed by atoms with Gasteiger partial charge in [-0.2, -0.15) is 0 Å². The van der Waals surface area contributed by atoms with Crippen LogP contribution in [0.4, 0.5) is 0 Å². The molecule has 1 atom stereocenters. The lowest BCUT2D eigenvalue weighted by atomic mass is 9.98. The van der Waals surface area contributed by atoms with Gasteiger partial charge in [0.05, 0.1) is 6.33 Å². The van der Waals surface area contributed by atoms with E-state index in [-0.39, 0.29) is 5.91 Å². The molecule has 27 heavy (non-hydrogen) atoms. The van der Waals surface area contributed by atoms with Gasteiger partial charge >= 0.3 is 0 Å². The second-order valence-corrected chi connectivity index (χ2v) is 7.87. The van der Waals surface area contributed by atoms with Crippen molar-refractivity contribution in [2.75, 3.05) is 6.54 Å². The number of carbonyl (C=O) groups excluding carboxylic acids is 1. The van der Waals surface area contributed by atoms with Gasteiger partial charge in [-0.05, 0) is 63.6 Å². The third kappa shape index (κ3) is 3.38. The molecule has 0 radical (unpaired) electrons. The highest BCUT2D eigenvalue weighted by molar-refractivity contribution is 6.02. The van der Waals surface area contributed by atoms with Crippen molar-refractivity contribution < 1.29 is 4.79 Å². The molecule has 1 unspecified atom stereocenters. The first kappa shape index (κ1) is 17.8. The number of benzene rings is 1. The second-order valence-electron chi connectivity index (χ2n) is 7.87. The number of imidazole rings is 1. The molecule has 1 aromatic carbocycles. The minimum atomic E-state index is 0.149. The molecule has 1 aliphatic heterocycles. The van der Waals surface area contributed by atoms with Gasteiger partial charge in [0.2, 0.25) is 0 Å². The lowest BCUT2D eigenvalue weighted by Crippen LogP contribution is -2.44. The van der Waals surface area contributed by atoms with Crippen molar-refractivity contribution in [3.05, 3.63) is 53.2 Å². The zero-order valence-corrected chi connectivity index (χ0v) is 16.5. The third-order valence-electron chi connectivity index (χ3n) is 5.89. The van der Waals surface area contributed by atoms with Gasteiger partial charge in [0.15, 0.2) is 0 Å². The van der Waals surface area contributed by atoms with E-state index in [2.05, 4.69) is 52.3 Å².